The highest BCUT2D eigenvalue weighted by Gasteiger charge is 2.23. The quantitative estimate of drug-likeness (QED) is 0.0490. The Morgan fingerprint density at radius 1 is 0.818 bits per heavy atom. The van der Waals surface area contributed by atoms with E-state index < -0.39 is 0 Å². The standard InChI is InChI=1S/C17H15ClN2OS.C10H12N2.C7H7NO2S.C5H13N.C4H10.C3H6ClN.3C2H6/c1-11-10-22-16(12(11)2)17(21)20(13(3)18)9-15-7-5-4-6-14(15)8-19;1-12(2)8-10-6-4-3-5-9(10)7-11;1-8-7-5(2-9)4-11-6(7)3-10;1-3-4-5-6-2;1-3-4-2;1-3(4)5-2;3*1-2/h4-7,10H,3,9H2,1-2H3;3-6H,8H2,1-2H3;3-4,9H,1-2H2;6H,3-5H2,1-2H3;3-4H2,1-2H3;5H,1H2,2H3;3*1-2H3. The first-order valence-electron chi connectivity index (χ1n) is 22.2. The average molecular weight is 987 g/mol. The van der Waals surface area contributed by atoms with Gasteiger partial charge in [-0.05, 0) is 99.8 Å². The Morgan fingerprint density at radius 3 is 1.59 bits per heavy atom. The van der Waals surface area contributed by atoms with E-state index in [9.17, 15) is 9.59 Å². The number of hydrogen-bond acceptors (Lipinski definition) is 11. The van der Waals surface area contributed by atoms with Gasteiger partial charge in [-0.2, -0.15) is 10.5 Å². The first kappa shape index (κ1) is 70.4. The zero-order chi connectivity index (χ0) is 52.0. The lowest BCUT2D eigenvalue weighted by Crippen LogP contribution is -2.28. The molecule has 1 amide bonds. The van der Waals surface area contributed by atoms with Crippen LogP contribution in [0, 0.1) is 36.5 Å². The number of carbonyl (C=O) groups is 2. The van der Waals surface area contributed by atoms with Crippen LogP contribution < -0.4 is 10.6 Å². The van der Waals surface area contributed by atoms with Gasteiger partial charge in [0.2, 0.25) is 0 Å². The number of hydrogen-bond donors (Lipinski definition) is 3. The van der Waals surface area contributed by atoms with Gasteiger partial charge < -0.3 is 20.6 Å². The SMILES string of the molecule is C=C(Cl)N(Cc1ccccc1C#N)C(=O)c1scc(C)c1C.C=C(Cl)NC.C=Nc1c(CO)csc1C=O.CC.CC.CC.CCCC.CCCCNC.CN(C)Cc1ccccc1C#N. The number of aliphatic hydroxyl groups excluding tert-OH is 1. The van der Waals surface area contributed by atoms with Crippen molar-refractivity contribution in [2.24, 2.45) is 4.99 Å². The third-order valence-electron chi connectivity index (χ3n) is 7.96. The molecule has 0 aliphatic carbocycles. The maximum Gasteiger partial charge on any atom is 0.269 e. The lowest BCUT2D eigenvalue weighted by molar-refractivity contribution is 0.0811. The molecule has 0 saturated carbocycles. The van der Waals surface area contributed by atoms with Crippen molar-refractivity contribution in [2.75, 3.05) is 34.7 Å². The smallest absolute Gasteiger partial charge is 0.269 e. The molecular formula is C52H81Cl2N7O3S2. The summed E-state index contributed by atoms with van der Waals surface area (Å²) in [5.41, 5.74) is 6.32. The van der Waals surface area contributed by atoms with Crippen LogP contribution in [-0.4, -0.2) is 68.6 Å². The molecule has 0 spiro atoms. The summed E-state index contributed by atoms with van der Waals surface area (Å²) in [5, 5.41) is 36.6. The van der Waals surface area contributed by atoms with Crippen LogP contribution in [0.25, 0.3) is 0 Å². The predicted molar refractivity (Wildman–Crippen MR) is 291 cm³/mol. The number of rotatable bonds is 14. The van der Waals surface area contributed by atoms with Crippen molar-refractivity contribution in [1.82, 2.24) is 20.4 Å². The fourth-order valence-corrected chi connectivity index (χ4v) is 6.26. The van der Waals surface area contributed by atoms with Crippen LogP contribution in [0.4, 0.5) is 5.69 Å². The fourth-order valence-electron chi connectivity index (χ4n) is 4.28. The Bertz CT molecular complexity index is 1960. The number of aldehydes is 1. The second-order valence-electron chi connectivity index (χ2n) is 12.9. The van der Waals surface area contributed by atoms with Crippen LogP contribution in [0.15, 0.2) is 87.8 Å². The van der Waals surface area contributed by atoms with Crippen molar-refractivity contribution in [3.63, 3.8) is 0 Å². The number of aliphatic hydroxyl groups is 1. The van der Waals surface area contributed by atoms with Gasteiger partial charge in [0, 0.05) is 19.2 Å². The number of aliphatic imine (C=N–C) groups is 1. The molecule has 2 aromatic carbocycles. The maximum atomic E-state index is 12.7. The van der Waals surface area contributed by atoms with Crippen molar-refractivity contribution in [2.45, 2.75) is 122 Å². The Morgan fingerprint density at radius 2 is 1.29 bits per heavy atom. The summed E-state index contributed by atoms with van der Waals surface area (Å²) in [6.45, 7) is 34.9. The van der Waals surface area contributed by atoms with Gasteiger partial charge in [-0.15, -0.1) is 22.7 Å². The number of nitriles is 2. The third-order valence-corrected chi connectivity index (χ3v) is 10.5. The zero-order valence-corrected chi connectivity index (χ0v) is 45.8. The Hall–Kier alpha value is -4.63. The fraction of sp³-hybridized carbons (Fsp3) is 0.442. The Balaban J connectivity index is -0.000000242. The number of amides is 1. The molecular weight excluding hydrogens is 906 g/mol. The van der Waals surface area contributed by atoms with Crippen molar-refractivity contribution in [1.29, 1.82) is 10.5 Å². The van der Waals surface area contributed by atoms with Gasteiger partial charge >= 0.3 is 0 Å². The molecule has 4 aromatic rings. The molecule has 0 atom stereocenters. The van der Waals surface area contributed by atoms with E-state index in [0.29, 0.717) is 38.0 Å². The van der Waals surface area contributed by atoms with Crippen LogP contribution in [0.1, 0.15) is 146 Å². The lowest BCUT2D eigenvalue weighted by Gasteiger charge is -2.21. The van der Waals surface area contributed by atoms with Gasteiger partial charge in [-0.25, -0.2) is 0 Å². The van der Waals surface area contributed by atoms with Gasteiger partial charge in [0.25, 0.3) is 5.91 Å². The predicted octanol–water partition coefficient (Wildman–Crippen LogP) is 14.4. The summed E-state index contributed by atoms with van der Waals surface area (Å²) < 4.78 is 0. The van der Waals surface area contributed by atoms with E-state index in [0.717, 1.165) is 40.9 Å². The minimum Gasteiger partial charge on any atom is -0.392 e. The van der Waals surface area contributed by atoms with E-state index in [1.54, 1.807) is 24.6 Å². The molecule has 2 heterocycles. The molecule has 0 radical (unpaired) electrons. The number of aryl methyl sites for hydroxylation is 1. The van der Waals surface area contributed by atoms with E-state index in [1.807, 2.05) is 118 Å². The maximum absolute atomic E-state index is 12.7. The number of carbonyl (C=O) groups excluding carboxylic acids is 2. The molecule has 0 unspecified atom stereocenters. The molecule has 66 heavy (non-hydrogen) atoms. The molecule has 0 aliphatic heterocycles. The van der Waals surface area contributed by atoms with E-state index in [1.165, 1.54) is 53.3 Å². The summed E-state index contributed by atoms with van der Waals surface area (Å²) in [4.78, 5) is 31.3. The average Bonchev–Trinajstić information content (AvgIpc) is 3.93. The third kappa shape index (κ3) is 32.1. The largest absolute Gasteiger partial charge is 0.392 e. The van der Waals surface area contributed by atoms with Gasteiger partial charge in [0.05, 0.1) is 57.0 Å². The highest BCUT2D eigenvalue weighted by molar-refractivity contribution is 7.12. The lowest BCUT2D eigenvalue weighted by atomic mass is 10.1. The number of nitrogens with zero attached hydrogens (tertiary/aromatic N) is 5. The normalized spacial score (nSPS) is 8.80. The first-order valence-corrected chi connectivity index (χ1v) is 24.8. The van der Waals surface area contributed by atoms with Crippen LogP contribution in [0.2, 0.25) is 0 Å². The summed E-state index contributed by atoms with van der Waals surface area (Å²) in [6.07, 6.45) is 5.95. The van der Waals surface area contributed by atoms with Gasteiger partial charge in [-0.1, -0.05) is 154 Å². The van der Waals surface area contributed by atoms with E-state index >= 15 is 0 Å². The molecule has 0 saturated heterocycles. The second-order valence-corrected chi connectivity index (χ2v) is 15.6. The number of halogens is 2. The molecule has 0 fully saturated rings. The van der Waals surface area contributed by atoms with E-state index in [-0.39, 0.29) is 24.2 Å². The molecule has 0 aliphatic rings. The van der Waals surface area contributed by atoms with Gasteiger partial charge in [0.15, 0.2) is 6.29 Å². The topological polar surface area (TPSA) is 145 Å². The van der Waals surface area contributed by atoms with Gasteiger partial charge in [-0.3, -0.25) is 19.5 Å². The van der Waals surface area contributed by atoms with Crippen LogP contribution in [0.5, 0.6) is 0 Å². The van der Waals surface area contributed by atoms with Crippen molar-refractivity contribution < 1.29 is 14.7 Å². The summed E-state index contributed by atoms with van der Waals surface area (Å²) in [5.74, 6) is -0.191. The van der Waals surface area contributed by atoms with Crippen LogP contribution in [-0.2, 0) is 19.7 Å². The van der Waals surface area contributed by atoms with Crippen molar-refractivity contribution in [3.8, 4) is 12.1 Å². The number of nitrogens with one attached hydrogen (secondary N) is 2. The summed E-state index contributed by atoms with van der Waals surface area (Å²) in [6, 6.07) is 19.1. The molecule has 14 heteroatoms. The molecule has 368 valence electrons. The van der Waals surface area contributed by atoms with Crippen molar-refractivity contribution >= 4 is 70.5 Å². The zero-order valence-electron chi connectivity index (χ0n) is 42.7. The molecule has 4 rings (SSSR count). The molecule has 2 aromatic heterocycles. The molecule has 0 bridgehead atoms. The minimum absolute atomic E-state index is 0.0985. The minimum atomic E-state index is -0.191. The highest BCUT2D eigenvalue weighted by atomic mass is 35.5. The summed E-state index contributed by atoms with van der Waals surface area (Å²) >= 11 is 13.8. The van der Waals surface area contributed by atoms with Gasteiger partial charge in [0.1, 0.15) is 5.16 Å². The van der Waals surface area contributed by atoms with E-state index in [4.69, 9.17) is 38.8 Å². The second kappa shape index (κ2) is 48.3. The van der Waals surface area contributed by atoms with Crippen LogP contribution >= 0.6 is 45.9 Å². The van der Waals surface area contributed by atoms with E-state index in [2.05, 4.69) is 73.3 Å². The molecule has 10 nitrogen and oxygen atoms in total. The molecule has 3 N–H and O–H groups in total. The number of thiophene rings is 2. The number of benzene rings is 2. The Labute approximate surface area is 418 Å². The van der Waals surface area contributed by atoms with Crippen LogP contribution in [0.3, 0.4) is 0 Å². The van der Waals surface area contributed by atoms with Crippen molar-refractivity contribution in [3.05, 3.63) is 131 Å². The Kier molecular flexibility index (Phi) is 51.5. The number of unbranched alkanes of at least 4 members (excludes halogenated alkanes) is 2. The highest BCUT2D eigenvalue weighted by Crippen LogP contribution is 2.29. The monoisotopic (exact) mass is 986 g/mol. The first-order chi connectivity index (χ1) is 31.6. The summed E-state index contributed by atoms with van der Waals surface area (Å²) in [7, 11) is 7.69.